The first kappa shape index (κ1) is 28.8. The van der Waals surface area contributed by atoms with Gasteiger partial charge in [0.25, 0.3) is 0 Å². The van der Waals surface area contributed by atoms with Gasteiger partial charge >= 0.3 is 0 Å². The minimum atomic E-state index is -3.85. The molecule has 202 valence electrons. The van der Waals surface area contributed by atoms with Crippen molar-refractivity contribution < 1.29 is 22.7 Å². The maximum absolute atomic E-state index is 13.8. The first-order chi connectivity index (χ1) is 17.5. The maximum Gasteiger partial charge on any atom is 0.244 e. The minimum absolute atomic E-state index is 0.104. The molecule has 1 atom stereocenters. The number of carbonyl (C=O) groups is 2. The van der Waals surface area contributed by atoms with Gasteiger partial charge in [0.1, 0.15) is 18.3 Å². The van der Waals surface area contributed by atoms with Crippen molar-refractivity contribution >= 4 is 39.1 Å². The minimum Gasteiger partial charge on any atom is -0.495 e. The number of hydrogen-bond acceptors (Lipinski definition) is 5. The molecule has 1 unspecified atom stereocenters. The van der Waals surface area contributed by atoms with Crippen LogP contribution in [0.4, 0.5) is 5.69 Å². The Labute approximate surface area is 225 Å². The molecule has 8 nitrogen and oxygen atoms in total. The van der Waals surface area contributed by atoms with Crippen LogP contribution < -0.4 is 14.4 Å². The van der Waals surface area contributed by atoms with Crippen molar-refractivity contribution in [2.24, 2.45) is 0 Å². The second-order valence-electron chi connectivity index (χ2n) is 9.51. The number of halogens is 1. The Hall–Kier alpha value is -2.78. The second-order valence-corrected chi connectivity index (χ2v) is 11.8. The Morgan fingerprint density at radius 3 is 2.32 bits per heavy atom. The number of nitrogens with zero attached hydrogens (tertiary/aromatic N) is 2. The van der Waals surface area contributed by atoms with E-state index in [4.69, 9.17) is 16.3 Å². The van der Waals surface area contributed by atoms with Crippen molar-refractivity contribution in [2.45, 2.75) is 64.6 Å². The summed E-state index contributed by atoms with van der Waals surface area (Å²) in [6, 6.07) is 11.6. The Morgan fingerprint density at radius 1 is 1.14 bits per heavy atom. The molecule has 0 spiro atoms. The molecule has 0 radical (unpaired) electrons. The standard InChI is InChI=1S/C27H36ClN3O5S/c1-5-24(27(33)29-21-8-6-7-9-21)30(17-20-12-10-19(2)11-13-20)26(32)18-31(37(4,34)35)22-14-15-25(36-3)23(28)16-22/h10-16,21,24H,5-9,17-18H2,1-4H3,(H,29,33). The number of amides is 2. The Kier molecular flexibility index (Phi) is 9.84. The van der Waals surface area contributed by atoms with Gasteiger partial charge in [-0.05, 0) is 49.9 Å². The van der Waals surface area contributed by atoms with Crippen LogP contribution in [0.1, 0.15) is 50.2 Å². The first-order valence-corrected chi connectivity index (χ1v) is 14.7. The van der Waals surface area contributed by atoms with Gasteiger partial charge < -0.3 is 15.0 Å². The van der Waals surface area contributed by atoms with Crippen molar-refractivity contribution in [2.75, 3.05) is 24.2 Å². The fourth-order valence-corrected chi connectivity index (χ4v) is 5.69. The molecule has 1 aliphatic carbocycles. The highest BCUT2D eigenvalue weighted by Crippen LogP contribution is 2.30. The summed E-state index contributed by atoms with van der Waals surface area (Å²) < 4.78 is 31.7. The summed E-state index contributed by atoms with van der Waals surface area (Å²) in [5.74, 6) is -0.305. The molecule has 0 aromatic heterocycles. The lowest BCUT2D eigenvalue weighted by atomic mass is 10.1. The van der Waals surface area contributed by atoms with Crippen LogP contribution in [0.2, 0.25) is 5.02 Å². The molecule has 0 heterocycles. The largest absolute Gasteiger partial charge is 0.495 e. The van der Waals surface area contributed by atoms with Gasteiger partial charge in [-0.3, -0.25) is 13.9 Å². The van der Waals surface area contributed by atoms with E-state index in [1.165, 1.54) is 24.1 Å². The van der Waals surface area contributed by atoms with Gasteiger partial charge in [-0.25, -0.2) is 8.42 Å². The highest BCUT2D eigenvalue weighted by molar-refractivity contribution is 7.92. The molecular weight excluding hydrogens is 514 g/mol. The molecule has 2 amide bonds. The number of rotatable bonds is 11. The zero-order valence-electron chi connectivity index (χ0n) is 21.9. The molecule has 1 aliphatic rings. The number of sulfonamides is 1. The third-order valence-electron chi connectivity index (χ3n) is 6.66. The van der Waals surface area contributed by atoms with Crippen molar-refractivity contribution in [3.05, 3.63) is 58.6 Å². The highest BCUT2D eigenvalue weighted by Gasteiger charge is 2.33. The van der Waals surface area contributed by atoms with Gasteiger partial charge in [0.05, 0.1) is 24.1 Å². The zero-order chi connectivity index (χ0) is 27.2. The average Bonchev–Trinajstić information content (AvgIpc) is 3.35. The number of carbonyl (C=O) groups excluding carboxylic acids is 2. The van der Waals surface area contributed by atoms with Gasteiger partial charge in [0, 0.05) is 12.6 Å². The number of ether oxygens (including phenoxy) is 1. The van der Waals surface area contributed by atoms with E-state index in [9.17, 15) is 18.0 Å². The molecule has 2 aromatic carbocycles. The number of hydrogen-bond donors (Lipinski definition) is 1. The fraction of sp³-hybridized carbons (Fsp3) is 0.481. The summed E-state index contributed by atoms with van der Waals surface area (Å²) >= 11 is 6.24. The van der Waals surface area contributed by atoms with Gasteiger partial charge in [0.2, 0.25) is 21.8 Å². The van der Waals surface area contributed by atoms with Crippen molar-refractivity contribution in [3.63, 3.8) is 0 Å². The van der Waals surface area contributed by atoms with E-state index >= 15 is 0 Å². The summed E-state index contributed by atoms with van der Waals surface area (Å²) in [6.07, 6.45) is 5.42. The smallest absolute Gasteiger partial charge is 0.244 e. The van der Waals surface area contributed by atoms with Gasteiger partial charge in [0.15, 0.2) is 0 Å². The summed E-state index contributed by atoms with van der Waals surface area (Å²) in [7, 11) is -2.39. The van der Waals surface area contributed by atoms with Crippen LogP contribution in [0.3, 0.4) is 0 Å². The predicted octanol–water partition coefficient (Wildman–Crippen LogP) is 4.29. The Morgan fingerprint density at radius 2 is 1.78 bits per heavy atom. The molecule has 1 N–H and O–H groups in total. The lowest BCUT2D eigenvalue weighted by Gasteiger charge is -2.33. The van der Waals surface area contributed by atoms with Crippen LogP contribution in [-0.2, 0) is 26.2 Å². The van der Waals surface area contributed by atoms with E-state index in [1.54, 1.807) is 6.07 Å². The number of nitrogens with one attached hydrogen (secondary N) is 1. The molecule has 3 rings (SSSR count). The molecule has 2 aromatic rings. The van der Waals surface area contributed by atoms with E-state index in [-0.39, 0.29) is 29.2 Å². The maximum atomic E-state index is 13.8. The van der Waals surface area contributed by atoms with Crippen LogP contribution in [0, 0.1) is 6.92 Å². The molecule has 1 saturated carbocycles. The van der Waals surface area contributed by atoms with Crippen LogP contribution >= 0.6 is 11.6 Å². The normalized spacial score (nSPS) is 14.7. The van der Waals surface area contributed by atoms with Crippen molar-refractivity contribution in [3.8, 4) is 5.75 Å². The van der Waals surface area contributed by atoms with Crippen LogP contribution in [0.25, 0.3) is 0 Å². The van der Waals surface area contributed by atoms with Crippen LogP contribution in [0.5, 0.6) is 5.75 Å². The summed E-state index contributed by atoms with van der Waals surface area (Å²) in [5, 5.41) is 3.32. The van der Waals surface area contributed by atoms with E-state index in [2.05, 4.69) is 5.32 Å². The fourth-order valence-electron chi connectivity index (χ4n) is 4.60. The van der Waals surface area contributed by atoms with Gasteiger partial charge in [-0.1, -0.05) is 61.2 Å². The Bertz CT molecular complexity index is 1200. The van der Waals surface area contributed by atoms with Crippen molar-refractivity contribution in [1.29, 1.82) is 0 Å². The topological polar surface area (TPSA) is 96.0 Å². The number of benzene rings is 2. The molecule has 10 heteroatoms. The second kappa shape index (κ2) is 12.6. The lowest BCUT2D eigenvalue weighted by Crippen LogP contribution is -2.53. The summed E-state index contributed by atoms with van der Waals surface area (Å²) in [6.45, 7) is 3.53. The first-order valence-electron chi connectivity index (χ1n) is 12.5. The van der Waals surface area contributed by atoms with E-state index < -0.39 is 28.5 Å². The molecule has 0 bridgehead atoms. The monoisotopic (exact) mass is 549 g/mol. The SMILES string of the molecule is CCC(C(=O)NC1CCCC1)N(Cc1ccc(C)cc1)C(=O)CN(c1ccc(OC)c(Cl)c1)S(C)(=O)=O. The lowest BCUT2D eigenvalue weighted by molar-refractivity contribution is -0.140. The van der Waals surface area contributed by atoms with E-state index in [1.807, 2.05) is 38.1 Å². The third-order valence-corrected chi connectivity index (χ3v) is 8.10. The van der Waals surface area contributed by atoms with Crippen molar-refractivity contribution in [1.82, 2.24) is 10.2 Å². The van der Waals surface area contributed by atoms with Gasteiger partial charge in [-0.15, -0.1) is 0 Å². The summed E-state index contributed by atoms with van der Waals surface area (Å²) in [4.78, 5) is 28.6. The third kappa shape index (κ3) is 7.61. The molecule has 0 saturated heterocycles. The number of aryl methyl sites for hydroxylation is 1. The predicted molar refractivity (Wildman–Crippen MR) is 146 cm³/mol. The number of methoxy groups -OCH3 is 1. The molecular formula is C27H36ClN3O5S. The molecule has 0 aliphatic heterocycles. The summed E-state index contributed by atoms with van der Waals surface area (Å²) in [5.41, 5.74) is 2.16. The molecule has 37 heavy (non-hydrogen) atoms. The van der Waals surface area contributed by atoms with Crippen LogP contribution in [0.15, 0.2) is 42.5 Å². The van der Waals surface area contributed by atoms with E-state index in [0.717, 1.165) is 47.4 Å². The van der Waals surface area contributed by atoms with Gasteiger partial charge in [-0.2, -0.15) is 0 Å². The van der Waals surface area contributed by atoms with E-state index in [0.29, 0.717) is 12.2 Å². The zero-order valence-corrected chi connectivity index (χ0v) is 23.4. The number of anilines is 1. The van der Waals surface area contributed by atoms with Crippen LogP contribution in [-0.4, -0.2) is 57.1 Å². The average molecular weight is 550 g/mol. The Balaban J connectivity index is 1.93. The quantitative estimate of drug-likeness (QED) is 0.451. The highest BCUT2D eigenvalue weighted by atomic mass is 35.5. The molecule has 1 fully saturated rings.